The van der Waals surface area contributed by atoms with Gasteiger partial charge in [-0.25, -0.2) is 0 Å². The second kappa shape index (κ2) is 4.91. The van der Waals surface area contributed by atoms with Crippen molar-refractivity contribution < 1.29 is 4.74 Å². The molecule has 0 fully saturated rings. The second-order valence-electron chi connectivity index (χ2n) is 2.79. The topological polar surface area (TPSA) is 63.7 Å². The van der Waals surface area contributed by atoms with Gasteiger partial charge in [0.05, 0.1) is 0 Å². The van der Waals surface area contributed by atoms with Crippen molar-refractivity contribution in [3.8, 4) is 5.75 Å². The average Bonchev–Trinajstić information content (AvgIpc) is 2.80. The zero-order chi connectivity index (χ0) is 10.5. The molecule has 1 aromatic carbocycles. The van der Waals surface area contributed by atoms with Gasteiger partial charge in [-0.2, -0.15) is 0 Å². The molecular formula is C9H10N4OSe. The fraction of sp³-hybridized carbons (Fsp3) is 0.222. The van der Waals surface area contributed by atoms with E-state index in [0.717, 1.165) is 16.9 Å². The Balaban J connectivity index is 1.93. The molecule has 2 aromatic rings. The van der Waals surface area contributed by atoms with Crippen molar-refractivity contribution >= 4 is 19.4 Å². The van der Waals surface area contributed by atoms with Crippen LogP contribution < -0.4 is 9.20 Å². The Kier molecular flexibility index (Phi) is 3.32. The van der Waals surface area contributed by atoms with Crippen molar-refractivity contribution in [1.29, 1.82) is 0 Å². The average molecular weight is 269 g/mol. The zero-order valence-corrected chi connectivity index (χ0v) is 9.89. The van der Waals surface area contributed by atoms with Crippen LogP contribution in [-0.4, -0.2) is 42.7 Å². The van der Waals surface area contributed by atoms with Crippen molar-refractivity contribution in [3.63, 3.8) is 0 Å². The Hall–Kier alpha value is -1.39. The Morgan fingerprint density at radius 2 is 2.13 bits per heavy atom. The standard InChI is InChI=1S/C9H10N4OSe/c1-14-7-2-4-8(5-3-7)15-6-9-10-12-13-11-9/h2-5H,6H2,1H3,(H,10,11,12,13). The van der Waals surface area contributed by atoms with E-state index in [0.29, 0.717) is 15.0 Å². The Morgan fingerprint density at radius 3 is 2.73 bits per heavy atom. The SMILES string of the molecule is COc1ccc([Se]Cc2nn[nH]n2)cc1. The fourth-order valence-electron chi connectivity index (χ4n) is 1.06. The minimum atomic E-state index is 0.343. The number of hydrogen-bond donors (Lipinski definition) is 1. The summed E-state index contributed by atoms with van der Waals surface area (Å²) in [6.07, 6.45) is 0. The quantitative estimate of drug-likeness (QED) is 0.777. The van der Waals surface area contributed by atoms with Gasteiger partial charge in [0.1, 0.15) is 0 Å². The number of aromatic amines is 1. The fourth-order valence-corrected chi connectivity index (χ4v) is 2.63. The molecule has 5 nitrogen and oxygen atoms in total. The van der Waals surface area contributed by atoms with Gasteiger partial charge in [-0.3, -0.25) is 0 Å². The van der Waals surface area contributed by atoms with Crippen LogP contribution in [0.2, 0.25) is 0 Å². The van der Waals surface area contributed by atoms with Crippen LogP contribution in [0.4, 0.5) is 0 Å². The third-order valence-corrected chi connectivity index (χ3v) is 3.93. The molecular weight excluding hydrogens is 259 g/mol. The van der Waals surface area contributed by atoms with Gasteiger partial charge in [0.25, 0.3) is 0 Å². The first-order chi connectivity index (χ1) is 7.38. The van der Waals surface area contributed by atoms with Crippen LogP contribution in [0.25, 0.3) is 0 Å². The molecule has 0 saturated carbocycles. The summed E-state index contributed by atoms with van der Waals surface area (Å²) in [6.45, 7) is 0. The molecule has 0 aliphatic carbocycles. The number of rotatable bonds is 4. The summed E-state index contributed by atoms with van der Waals surface area (Å²) in [4.78, 5) is 0. The Morgan fingerprint density at radius 1 is 1.33 bits per heavy atom. The maximum absolute atomic E-state index is 5.09. The number of aromatic nitrogens is 4. The summed E-state index contributed by atoms with van der Waals surface area (Å²) in [5.41, 5.74) is 0. The Labute approximate surface area is 93.4 Å². The molecule has 1 N–H and O–H groups in total. The first-order valence-corrected chi connectivity index (χ1v) is 6.44. The number of nitrogens with zero attached hydrogens (tertiary/aromatic N) is 3. The van der Waals surface area contributed by atoms with Crippen molar-refractivity contribution in [2.75, 3.05) is 7.11 Å². The monoisotopic (exact) mass is 270 g/mol. The van der Waals surface area contributed by atoms with Crippen LogP contribution in [0, 0.1) is 0 Å². The summed E-state index contributed by atoms with van der Waals surface area (Å²) in [5.74, 6) is 1.65. The number of nitrogens with one attached hydrogen (secondary N) is 1. The van der Waals surface area contributed by atoms with Gasteiger partial charge in [-0.05, 0) is 0 Å². The number of H-pyrrole nitrogens is 1. The summed E-state index contributed by atoms with van der Waals surface area (Å²) < 4.78 is 6.39. The number of hydrogen-bond acceptors (Lipinski definition) is 4. The predicted octanol–water partition coefficient (Wildman–Crippen LogP) is -0.262. The van der Waals surface area contributed by atoms with Gasteiger partial charge in [0, 0.05) is 0 Å². The second-order valence-corrected chi connectivity index (χ2v) is 4.99. The van der Waals surface area contributed by atoms with Crippen molar-refractivity contribution in [3.05, 3.63) is 30.1 Å². The van der Waals surface area contributed by atoms with Crippen LogP contribution in [0.15, 0.2) is 24.3 Å². The van der Waals surface area contributed by atoms with E-state index in [1.54, 1.807) is 7.11 Å². The molecule has 6 heteroatoms. The summed E-state index contributed by atoms with van der Waals surface area (Å²) in [5, 5.41) is 14.6. The molecule has 78 valence electrons. The molecule has 0 bridgehead atoms. The summed E-state index contributed by atoms with van der Waals surface area (Å²) in [6, 6.07) is 8.07. The summed E-state index contributed by atoms with van der Waals surface area (Å²) >= 11 is 0.343. The van der Waals surface area contributed by atoms with E-state index in [4.69, 9.17) is 4.74 Å². The Bertz CT molecular complexity index is 401. The molecule has 0 spiro atoms. The molecule has 0 atom stereocenters. The molecule has 0 aliphatic heterocycles. The number of benzene rings is 1. The van der Waals surface area contributed by atoms with E-state index in [9.17, 15) is 0 Å². The van der Waals surface area contributed by atoms with Crippen LogP contribution in [0.1, 0.15) is 5.82 Å². The normalized spacial score (nSPS) is 10.2. The summed E-state index contributed by atoms with van der Waals surface area (Å²) in [7, 11) is 1.67. The van der Waals surface area contributed by atoms with E-state index in [1.165, 1.54) is 4.46 Å². The molecule has 0 aliphatic rings. The van der Waals surface area contributed by atoms with Crippen LogP contribution >= 0.6 is 0 Å². The van der Waals surface area contributed by atoms with Gasteiger partial charge in [0.2, 0.25) is 0 Å². The van der Waals surface area contributed by atoms with Crippen LogP contribution in [0.5, 0.6) is 5.75 Å². The minimum absolute atomic E-state index is 0.343. The van der Waals surface area contributed by atoms with Crippen molar-refractivity contribution in [2.24, 2.45) is 0 Å². The molecule has 1 heterocycles. The van der Waals surface area contributed by atoms with Gasteiger partial charge in [-0.15, -0.1) is 0 Å². The van der Waals surface area contributed by atoms with E-state index in [1.807, 2.05) is 12.1 Å². The van der Waals surface area contributed by atoms with E-state index < -0.39 is 0 Å². The van der Waals surface area contributed by atoms with Crippen LogP contribution in [-0.2, 0) is 5.32 Å². The molecule has 1 aromatic heterocycles. The van der Waals surface area contributed by atoms with Crippen molar-refractivity contribution in [2.45, 2.75) is 5.32 Å². The van der Waals surface area contributed by atoms with Gasteiger partial charge in [0.15, 0.2) is 0 Å². The van der Waals surface area contributed by atoms with E-state index >= 15 is 0 Å². The van der Waals surface area contributed by atoms with E-state index in [2.05, 4.69) is 32.8 Å². The van der Waals surface area contributed by atoms with Crippen LogP contribution in [0.3, 0.4) is 0 Å². The van der Waals surface area contributed by atoms with E-state index in [-0.39, 0.29) is 0 Å². The number of ether oxygens (including phenoxy) is 1. The molecule has 0 unspecified atom stereocenters. The van der Waals surface area contributed by atoms with Crippen molar-refractivity contribution in [1.82, 2.24) is 20.6 Å². The molecule has 2 rings (SSSR count). The molecule has 0 radical (unpaired) electrons. The molecule has 15 heavy (non-hydrogen) atoms. The zero-order valence-electron chi connectivity index (χ0n) is 8.17. The van der Waals surface area contributed by atoms with Gasteiger partial charge >= 0.3 is 93.0 Å². The van der Waals surface area contributed by atoms with Gasteiger partial charge < -0.3 is 0 Å². The first kappa shape index (κ1) is 10.1. The third kappa shape index (κ3) is 2.78. The number of methoxy groups -OCH3 is 1. The first-order valence-electron chi connectivity index (χ1n) is 4.37. The number of tetrazole rings is 1. The molecule has 0 saturated heterocycles. The third-order valence-electron chi connectivity index (χ3n) is 1.82. The predicted molar refractivity (Wildman–Crippen MR) is 56.3 cm³/mol. The molecule has 0 amide bonds. The maximum atomic E-state index is 5.09. The van der Waals surface area contributed by atoms with Gasteiger partial charge in [-0.1, -0.05) is 0 Å².